The van der Waals surface area contributed by atoms with Gasteiger partial charge in [0.1, 0.15) is 0 Å². The van der Waals surface area contributed by atoms with Gasteiger partial charge in [0.2, 0.25) is 0 Å². The lowest BCUT2D eigenvalue weighted by molar-refractivity contribution is 0.0970. The van der Waals surface area contributed by atoms with Crippen molar-refractivity contribution in [2.75, 3.05) is 0 Å². The highest BCUT2D eigenvalue weighted by atomic mass is 127. The first-order chi connectivity index (χ1) is 8.90. The van der Waals surface area contributed by atoms with Gasteiger partial charge in [0.25, 0.3) is 5.56 Å². The Morgan fingerprint density at radius 1 is 1.53 bits per heavy atom. The summed E-state index contributed by atoms with van der Waals surface area (Å²) in [4.78, 5) is 28.3. The Hall–Kier alpha value is -0.0600. The molecule has 2 rings (SSSR count). The van der Waals surface area contributed by atoms with Gasteiger partial charge in [-0.1, -0.05) is 0 Å². The molecule has 19 heavy (non-hydrogen) atoms. The van der Waals surface area contributed by atoms with Crippen LogP contribution in [0.4, 0.5) is 0 Å². The van der Waals surface area contributed by atoms with E-state index in [1.54, 1.807) is 13.0 Å². The van der Waals surface area contributed by atoms with E-state index in [0.717, 1.165) is 7.57 Å². The number of carbonyl (C=O) groups is 1. The lowest BCUT2D eigenvalue weighted by Crippen LogP contribution is -2.27. The van der Waals surface area contributed by atoms with E-state index in [1.165, 1.54) is 22.2 Å². The number of hydrogen-bond donors (Lipinski definition) is 0. The molecule has 0 bridgehead atoms. The van der Waals surface area contributed by atoms with Gasteiger partial charge in [0.05, 0.1) is 29.7 Å². The first-order valence-electron chi connectivity index (χ1n) is 5.09. The summed E-state index contributed by atoms with van der Waals surface area (Å²) < 4.78 is 3.49. The Bertz CT molecular complexity index is 711. The quantitative estimate of drug-likeness (QED) is 0.461. The fraction of sp³-hybridized carbons (Fsp3) is 0.182. The van der Waals surface area contributed by atoms with Gasteiger partial charge in [-0.3, -0.25) is 14.2 Å². The number of halogens is 3. The number of hydrogen-bond acceptors (Lipinski definition) is 4. The standard InChI is InChI=1S/C11H7Br2IN2O2S/c1-5-9(14)11(18)16(4-15-5)3-7(17)6-2-8(12)19-10(6)13/h2,4H,3H2,1H3. The summed E-state index contributed by atoms with van der Waals surface area (Å²) in [6.45, 7) is 1.76. The molecule has 0 aliphatic heterocycles. The molecule has 0 N–H and O–H groups in total. The molecule has 2 aromatic rings. The van der Waals surface area contributed by atoms with E-state index in [1.807, 2.05) is 22.6 Å². The first-order valence-corrected chi connectivity index (χ1v) is 8.58. The van der Waals surface area contributed by atoms with Gasteiger partial charge in [0, 0.05) is 5.56 Å². The minimum absolute atomic E-state index is 0.0100. The topological polar surface area (TPSA) is 52.0 Å². The zero-order chi connectivity index (χ0) is 14.2. The second-order valence-electron chi connectivity index (χ2n) is 3.74. The zero-order valence-electron chi connectivity index (χ0n) is 9.61. The van der Waals surface area contributed by atoms with E-state index in [0.29, 0.717) is 14.8 Å². The number of ketones is 1. The molecule has 100 valence electrons. The molecule has 0 radical (unpaired) electrons. The fourth-order valence-corrected chi connectivity index (χ4v) is 4.73. The molecule has 0 aliphatic carbocycles. The van der Waals surface area contributed by atoms with Crippen LogP contribution in [0.15, 0.2) is 24.8 Å². The van der Waals surface area contributed by atoms with Crippen molar-refractivity contribution in [2.45, 2.75) is 13.5 Å². The molecule has 2 aromatic heterocycles. The number of aromatic nitrogens is 2. The average molecular weight is 518 g/mol. The van der Waals surface area contributed by atoms with Crippen LogP contribution in [0.3, 0.4) is 0 Å². The Labute approximate surface area is 143 Å². The molecule has 0 spiro atoms. The lowest BCUT2D eigenvalue weighted by atomic mass is 10.2. The molecule has 0 unspecified atom stereocenters. The normalized spacial score (nSPS) is 10.7. The molecule has 0 atom stereocenters. The number of Topliss-reactive ketones (excluding diaryl/α,β-unsaturated/α-hetero) is 1. The van der Waals surface area contributed by atoms with Crippen LogP contribution in [0.25, 0.3) is 0 Å². The largest absolute Gasteiger partial charge is 0.292 e. The second-order valence-corrected chi connectivity index (χ2v) is 8.57. The Morgan fingerprint density at radius 3 is 2.79 bits per heavy atom. The minimum atomic E-state index is -0.188. The number of rotatable bonds is 3. The summed E-state index contributed by atoms with van der Waals surface area (Å²) in [6, 6.07) is 1.74. The predicted octanol–water partition coefficient (Wildman–Crippen LogP) is 3.63. The van der Waals surface area contributed by atoms with Crippen LogP contribution in [-0.2, 0) is 6.54 Å². The molecule has 0 aromatic carbocycles. The molecule has 2 heterocycles. The summed E-state index contributed by atoms with van der Waals surface area (Å²) in [6.07, 6.45) is 1.41. The van der Waals surface area contributed by atoms with Gasteiger partial charge >= 0.3 is 0 Å². The number of aryl methyl sites for hydroxylation is 1. The van der Waals surface area contributed by atoms with Crippen LogP contribution in [0.1, 0.15) is 16.1 Å². The molecule has 0 aliphatic rings. The third-order valence-electron chi connectivity index (χ3n) is 2.43. The van der Waals surface area contributed by atoms with Gasteiger partial charge in [0.15, 0.2) is 5.78 Å². The molecule has 4 nitrogen and oxygen atoms in total. The van der Waals surface area contributed by atoms with Crippen molar-refractivity contribution in [3.63, 3.8) is 0 Å². The molecule has 0 fully saturated rings. The second kappa shape index (κ2) is 6.15. The van der Waals surface area contributed by atoms with Crippen molar-refractivity contribution in [3.05, 3.63) is 45.1 Å². The summed E-state index contributed by atoms with van der Waals surface area (Å²) in [5.41, 5.74) is 1.06. The van der Waals surface area contributed by atoms with E-state index in [-0.39, 0.29) is 17.9 Å². The molecule has 0 saturated carbocycles. The van der Waals surface area contributed by atoms with Crippen LogP contribution in [0.5, 0.6) is 0 Å². The van der Waals surface area contributed by atoms with Crippen LogP contribution in [0, 0.1) is 10.5 Å². The van der Waals surface area contributed by atoms with Gasteiger partial charge < -0.3 is 0 Å². The first kappa shape index (κ1) is 15.3. The van der Waals surface area contributed by atoms with Gasteiger partial charge in [-0.25, -0.2) is 4.98 Å². The monoisotopic (exact) mass is 516 g/mol. The van der Waals surface area contributed by atoms with Gasteiger partial charge in [-0.15, -0.1) is 11.3 Å². The van der Waals surface area contributed by atoms with Crippen LogP contribution < -0.4 is 5.56 Å². The summed E-state index contributed by atoms with van der Waals surface area (Å²) in [5, 5.41) is 0. The van der Waals surface area contributed by atoms with Crippen LogP contribution in [-0.4, -0.2) is 15.3 Å². The van der Waals surface area contributed by atoms with Gasteiger partial charge in [-0.2, -0.15) is 0 Å². The lowest BCUT2D eigenvalue weighted by Gasteiger charge is -2.05. The smallest absolute Gasteiger partial charge is 0.267 e. The van der Waals surface area contributed by atoms with E-state index in [9.17, 15) is 9.59 Å². The molecular weight excluding hydrogens is 511 g/mol. The van der Waals surface area contributed by atoms with E-state index in [4.69, 9.17) is 0 Å². The summed E-state index contributed by atoms with van der Waals surface area (Å²) >= 11 is 10.0. The zero-order valence-corrected chi connectivity index (χ0v) is 15.8. The third-order valence-corrected chi connectivity index (χ3v) is 6.01. The highest BCUT2D eigenvalue weighted by Crippen LogP contribution is 2.32. The van der Waals surface area contributed by atoms with Crippen LogP contribution >= 0.6 is 65.8 Å². The number of nitrogens with zero attached hydrogens (tertiary/aromatic N) is 2. The summed E-state index contributed by atoms with van der Waals surface area (Å²) in [7, 11) is 0. The van der Waals surface area contributed by atoms with Crippen molar-refractivity contribution in [3.8, 4) is 0 Å². The predicted molar refractivity (Wildman–Crippen MR) is 90.0 cm³/mol. The van der Waals surface area contributed by atoms with Crippen molar-refractivity contribution in [2.24, 2.45) is 0 Å². The Balaban J connectivity index is 2.32. The number of thiophene rings is 1. The maximum Gasteiger partial charge on any atom is 0.267 e. The van der Waals surface area contributed by atoms with E-state index < -0.39 is 0 Å². The average Bonchev–Trinajstić information content (AvgIpc) is 2.69. The molecule has 0 amide bonds. The number of carbonyl (C=O) groups excluding carboxylic acids is 1. The van der Waals surface area contributed by atoms with E-state index in [2.05, 4.69) is 36.8 Å². The Morgan fingerprint density at radius 2 is 2.21 bits per heavy atom. The molecular formula is C11H7Br2IN2O2S. The molecule has 8 heteroatoms. The maximum absolute atomic E-state index is 12.2. The minimum Gasteiger partial charge on any atom is -0.292 e. The fourth-order valence-electron chi connectivity index (χ4n) is 1.43. The maximum atomic E-state index is 12.2. The van der Waals surface area contributed by atoms with Crippen LogP contribution in [0.2, 0.25) is 0 Å². The highest BCUT2D eigenvalue weighted by Gasteiger charge is 2.15. The van der Waals surface area contributed by atoms with Crippen molar-refractivity contribution in [1.29, 1.82) is 0 Å². The molecule has 0 saturated heterocycles. The van der Waals surface area contributed by atoms with E-state index >= 15 is 0 Å². The van der Waals surface area contributed by atoms with Gasteiger partial charge in [-0.05, 0) is 67.4 Å². The Kier molecular flexibility index (Phi) is 4.96. The SMILES string of the molecule is Cc1ncn(CC(=O)c2cc(Br)sc2Br)c(=O)c1I. The summed E-state index contributed by atoms with van der Waals surface area (Å²) in [5.74, 6) is -0.127. The third kappa shape index (κ3) is 3.34. The van der Waals surface area contributed by atoms with Crippen molar-refractivity contribution < 1.29 is 4.79 Å². The van der Waals surface area contributed by atoms with Crippen molar-refractivity contribution in [1.82, 2.24) is 9.55 Å². The highest BCUT2D eigenvalue weighted by molar-refractivity contribution is 14.1. The van der Waals surface area contributed by atoms with Crippen molar-refractivity contribution >= 4 is 71.6 Å².